The first kappa shape index (κ1) is 13.4. The maximum Gasteiger partial charge on any atom is 0.337 e. The van der Waals surface area contributed by atoms with Crippen LogP contribution in [0, 0.1) is 0 Å². The molecule has 0 bridgehead atoms. The molecule has 98 valence electrons. The average molecular weight is 276 g/mol. The molecule has 0 heterocycles. The molecular formula is C15H14ClNO2. The Morgan fingerprint density at radius 1 is 1.11 bits per heavy atom. The minimum atomic E-state index is -1.00. The fourth-order valence-electron chi connectivity index (χ4n) is 1.94. The van der Waals surface area contributed by atoms with Gasteiger partial charge in [-0.1, -0.05) is 29.8 Å². The molecule has 0 unspecified atom stereocenters. The number of hydrogen-bond acceptors (Lipinski definition) is 2. The Bertz CT molecular complexity index is 611. The van der Waals surface area contributed by atoms with Crippen molar-refractivity contribution in [2.75, 3.05) is 5.73 Å². The maximum absolute atomic E-state index is 10.9. The molecule has 0 fully saturated rings. The van der Waals surface area contributed by atoms with Crippen molar-refractivity contribution < 1.29 is 9.90 Å². The fourth-order valence-corrected chi connectivity index (χ4v) is 2.16. The van der Waals surface area contributed by atoms with Gasteiger partial charge in [-0.15, -0.1) is 0 Å². The second kappa shape index (κ2) is 5.76. The molecule has 2 aromatic rings. The van der Waals surface area contributed by atoms with Gasteiger partial charge in [0.25, 0.3) is 0 Å². The minimum Gasteiger partial charge on any atom is -0.478 e. The van der Waals surface area contributed by atoms with Gasteiger partial charge < -0.3 is 10.8 Å². The van der Waals surface area contributed by atoms with E-state index in [1.54, 1.807) is 18.2 Å². The summed E-state index contributed by atoms with van der Waals surface area (Å²) < 4.78 is 0. The van der Waals surface area contributed by atoms with Crippen LogP contribution < -0.4 is 5.73 Å². The van der Waals surface area contributed by atoms with Crippen LogP contribution in [0.25, 0.3) is 0 Å². The zero-order valence-corrected chi connectivity index (χ0v) is 11.0. The number of aryl methyl sites for hydroxylation is 2. The van der Waals surface area contributed by atoms with Crippen molar-refractivity contribution in [2.45, 2.75) is 12.8 Å². The summed E-state index contributed by atoms with van der Waals surface area (Å²) in [6.07, 6.45) is 1.64. The summed E-state index contributed by atoms with van der Waals surface area (Å²) in [6, 6.07) is 12.8. The van der Waals surface area contributed by atoms with Gasteiger partial charge in [0, 0.05) is 10.7 Å². The molecule has 0 amide bonds. The predicted molar refractivity (Wildman–Crippen MR) is 76.7 cm³/mol. The number of nitrogens with two attached hydrogens (primary N) is 1. The summed E-state index contributed by atoms with van der Waals surface area (Å²) in [5.74, 6) is -1.00. The van der Waals surface area contributed by atoms with E-state index in [1.807, 2.05) is 24.3 Å². The number of hydrogen-bond donors (Lipinski definition) is 2. The summed E-state index contributed by atoms with van der Waals surface area (Å²) >= 11 is 5.92. The quantitative estimate of drug-likeness (QED) is 0.841. The zero-order chi connectivity index (χ0) is 13.8. The number of benzene rings is 2. The number of halogens is 1. The van der Waals surface area contributed by atoms with Crippen LogP contribution in [0.3, 0.4) is 0 Å². The summed E-state index contributed by atoms with van der Waals surface area (Å²) in [5.41, 5.74) is 8.32. The average Bonchev–Trinajstić information content (AvgIpc) is 2.36. The minimum absolute atomic E-state index is 0.145. The fraction of sp³-hybridized carbons (Fsp3) is 0.133. The molecule has 3 nitrogen and oxygen atoms in total. The summed E-state index contributed by atoms with van der Waals surface area (Å²) in [4.78, 5) is 10.9. The highest BCUT2D eigenvalue weighted by Crippen LogP contribution is 2.17. The van der Waals surface area contributed by atoms with Gasteiger partial charge in [0.1, 0.15) is 0 Å². The van der Waals surface area contributed by atoms with E-state index in [9.17, 15) is 4.79 Å². The molecule has 2 aromatic carbocycles. The van der Waals surface area contributed by atoms with Crippen LogP contribution in [0.4, 0.5) is 5.69 Å². The van der Waals surface area contributed by atoms with E-state index in [0.29, 0.717) is 5.69 Å². The van der Waals surface area contributed by atoms with Crippen molar-refractivity contribution in [1.82, 2.24) is 0 Å². The van der Waals surface area contributed by atoms with Gasteiger partial charge in [0.15, 0.2) is 0 Å². The Balaban J connectivity index is 2.08. The van der Waals surface area contributed by atoms with Crippen molar-refractivity contribution in [2.24, 2.45) is 0 Å². The Kier molecular flexibility index (Phi) is 4.07. The van der Waals surface area contributed by atoms with Crippen LogP contribution in [-0.2, 0) is 12.8 Å². The first-order valence-corrected chi connectivity index (χ1v) is 6.30. The van der Waals surface area contributed by atoms with Crippen molar-refractivity contribution in [3.8, 4) is 0 Å². The molecular weight excluding hydrogens is 262 g/mol. The monoisotopic (exact) mass is 275 g/mol. The van der Waals surface area contributed by atoms with Crippen molar-refractivity contribution in [3.63, 3.8) is 0 Å². The molecule has 0 atom stereocenters. The standard InChI is InChI=1S/C15H14ClNO2/c16-12-3-1-2-10(8-12)4-5-11-6-7-13(15(18)19)14(17)9-11/h1-3,6-9H,4-5,17H2,(H,18,19). The number of carboxylic acids is 1. The van der Waals surface area contributed by atoms with Crippen molar-refractivity contribution in [3.05, 3.63) is 64.2 Å². The van der Waals surface area contributed by atoms with Gasteiger partial charge in [-0.05, 0) is 48.2 Å². The van der Waals surface area contributed by atoms with Gasteiger partial charge in [0.2, 0.25) is 0 Å². The summed E-state index contributed by atoms with van der Waals surface area (Å²) in [6.45, 7) is 0. The first-order valence-electron chi connectivity index (χ1n) is 5.92. The van der Waals surface area contributed by atoms with Crippen LogP contribution >= 0.6 is 11.6 Å². The summed E-state index contributed by atoms with van der Waals surface area (Å²) in [7, 11) is 0. The SMILES string of the molecule is Nc1cc(CCc2cccc(Cl)c2)ccc1C(=O)O. The van der Waals surface area contributed by atoms with Gasteiger partial charge in [-0.25, -0.2) is 4.79 Å². The first-order chi connectivity index (χ1) is 9.06. The van der Waals surface area contributed by atoms with Gasteiger partial charge in [-0.3, -0.25) is 0 Å². The molecule has 0 aromatic heterocycles. The Morgan fingerprint density at radius 2 is 1.79 bits per heavy atom. The highest BCUT2D eigenvalue weighted by Gasteiger charge is 2.07. The van der Waals surface area contributed by atoms with Gasteiger partial charge in [0.05, 0.1) is 5.56 Å². The Labute approximate surface area is 116 Å². The van der Waals surface area contributed by atoms with E-state index < -0.39 is 5.97 Å². The molecule has 3 N–H and O–H groups in total. The van der Waals surface area contributed by atoms with Crippen molar-refractivity contribution >= 4 is 23.3 Å². The highest BCUT2D eigenvalue weighted by atomic mass is 35.5. The Morgan fingerprint density at radius 3 is 2.37 bits per heavy atom. The number of carboxylic acid groups (broad SMARTS) is 1. The molecule has 0 saturated heterocycles. The topological polar surface area (TPSA) is 63.3 Å². The van der Waals surface area contributed by atoms with E-state index in [1.165, 1.54) is 0 Å². The lowest BCUT2D eigenvalue weighted by atomic mass is 10.0. The second-order valence-electron chi connectivity index (χ2n) is 4.36. The molecule has 0 aliphatic rings. The third-order valence-electron chi connectivity index (χ3n) is 2.94. The molecule has 0 saturated carbocycles. The lowest BCUT2D eigenvalue weighted by Gasteiger charge is -2.06. The van der Waals surface area contributed by atoms with Gasteiger partial charge in [-0.2, -0.15) is 0 Å². The molecule has 0 aliphatic heterocycles. The maximum atomic E-state index is 10.9. The molecule has 0 radical (unpaired) electrons. The number of carbonyl (C=O) groups is 1. The lowest BCUT2D eigenvalue weighted by Crippen LogP contribution is -2.03. The lowest BCUT2D eigenvalue weighted by molar-refractivity contribution is 0.0698. The summed E-state index contributed by atoms with van der Waals surface area (Å²) in [5, 5.41) is 9.62. The van der Waals surface area contributed by atoms with E-state index in [4.69, 9.17) is 22.4 Å². The molecule has 4 heteroatoms. The number of rotatable bonds is 4. The molecule has 2 rings (SSSR count). The van der Waals surface area contributed by atoms with E-state index in [-0.39, 0.29) is 5.56 Å². The second-order valence-corrected chi connectivity index (χ2v) is 4.79. The smallest absolute Gasteiger partial charge is 0.337 e. The molecule has 0 aliphatic carbocycles. The third kappa shape index (κ3) is 3.48. The third-order valence-corrected chi connectivity index (χ3v) is 3.17. The predicted octanol–water partition coefficient (Wildman–Crippen LogP) is 3.41. The number of aromatic carboxylic acids is 1. The normalized spacial score (nSPS) is 10.4. The zero-order valence-electron chi connectivity index (χ0n) is 10.3. The van der Waals surface area contributed by atoms with Crippen LogP contribution in [0.1, 0.15) is 21.5 Å². The Hall–Kier alpha value is -2.00. The van der Waals surface area contributed by atoms with E-state index >= 15 is 0 Å². The highest BCUT2D eigenvalue weighted by molar-refractivity contribution is 6.30. The van der Waals surface area contributed by atoms with Crippen molar-refractivity contribution in [1.29, 1.82) is 0 Å². The molecule has 19 heavy (non-hydrogen) atoms. The van der Waals surface area contributed by atoms with Crippen LogP contribution in [0.15, 0.2) is 42.5 Å². The van der Waals surface area contributed by atoms with Crippen LogP contribution in [-0.4, -0.2) is 11.1 Å². The van der Waals surface area contributed by atoms with Crippen LogP contribution in [0.5, 0.6) is 0 Å². The number of nitrogen functional groups attached to an aromatic ring is 1. The van der Waals surface area contributed by atoms with Crippen LogP contribution in [0.2, 0.25) is 5.02 Å². The van der Waals surface area contributed by atoms with E-state index in [2.05, 4.69) is 0 Å². The largest absolute Gasteiger partial charge is 0.478 e. The van der Waals surface area contributed by atoms with Gasteiger partial charge >= 0.3 is 5.97 Å². The number of anilines is 1. The molecule has 0 spiro atoms. The van der Waals surface area contributed by atoms with E-state index in [0.717, 1.165) is 29.0 Å².